The first-order valence-corrected chi connectivity index (χ1v) is 9.69. The number of nitrogens with zero attached hydrogens (tertiary/aromatic N) is 2. The number of aliphatic hydroxyl groups excluding tert-OH is 1. The Morgan fingerprint density at radius 1 is 1.00 bits per heavy atom. The van der Waals surface area contributed by atoms with Crippen molar-refractivity contribution in [1.29, 1.82) is 0 Å². The lowest BCUT2D eigenvalue weighted by Gasteiger charge is -2.36. The van der Waals surface area contributed by atoms with Gasteiger partial charge in [0, 0.05) is 13.1 Å². The zero-order valence-corrected chi connectivity index (χ0v) is 15.7. The van der Waals surface area contributed by atoms with E-state index < -0.39 is 0 Å². The first-order chi connectivity index (χ1) is 13.7. The minimum Gasteiger partial charge on any atom is -0.491 e. The van der Waals surface area contributed by atoms with Crippen molar-refractivity contribution in [2.24, 2.45) is 0 Å². The molecule has 6 nitrogen and oxygen atoms in total. The van der Waals surface area contributed by atoms with Gasteiger partial charge in [-0.25, -0.2) is 0 Å². The summed E-state index contributed by atoms with van der Waals surface area (Å²) in [7, 11) is 0. The molecular weight excluding hydrogens is 356 g/mol. The molecule has 4 rings (SSSR count). The van der Waals surface area contributed by atoms with E-state index in [2.05, 4.69) is 4.90 Å². The van der Waals surface area contributed by atoms with Crippen LogP contribution in [0.1, 0.15) is 39.1 Å². The molecule has 2 aromatic rings. The lowest BCUT2D eigenvalue weighted by Crippen LogP contribution is -2.49. The molecular formula is C22H24N2O4. The van der Waals surface area contributed by atoms with Crippen LogP contribution in [0.2, 0.25) is 0 Å². The summed E-state index contributed by atoms with van der Waals surface area (Å²) in [6, 6.07) is 14.8. The Bertz CT molecular complexity index is 830. The topological polar surface area (TPSA) is 70.1 Å². The molecule has 1 N–H and O–H groups in total. The van der Waals surface area contributed by atoms with Gasteiger partial charge in [0.15, 0.2) is 0 Å². The Morgan fingerprint density at radius 2 is 1.68 bits per heavy atom. The van der Waals surface area contributed by atoms with Gasteiger partial charge in [0.1, 0.15) is 12.4 Å². The number of carbonyl (C=O) groups excluding carboxylic acids is 2. The number of aliphatic hydroxyl groups is 1. The highest BCUT2D eigenvalue weighted by atomic mass is 16.5. The molecule has 2 heterocycles. The Balaban J connectivity index is 1.41. The van der Waals surface area contributed by atoms with Crippen molar-refractivity contribution in [3.63, 3.8) is 0 Å². The summed E-state index contributed by atoms with van der Waals surface area (Å²) in [5.41, 5.74) is 2.19. The van der Waals surface area contributed by atoms with Gasteiger partial charge in [0.05, 0.1) is 23.8 Å². The Kier molecular flexibility index (Phi) is 5.41. The van der Waals surface area contributed by atoms with Gasteiger partial charge in [0.2, 0.25) is 0 Å². The highest BCUT2D eigenvalue weighted by Crippen LogP contribution is 2.28. The number of amides is 2. The summed E-state index contributed by atoms with van der Waals surface area (Å²) in [5.74, 6) is 0.399. The quantitative estimate of drug-likeness (QED) is 0.779. The number of ether oxygens (including phenoxy) is 1. The highest BCUT2D eigenvalue weighted by Gasteiger charge is 2.40. The highest BCUT2D eigenvalue weighted by molar-refractivity contribution is 6.21. The monoisotopic (exact) mass is 380 g/mol. The molecule has 2 amide bonds. The van der Waals surface area contributed by atoms with Gasteiger partial charge in [-0.05, 0) is 49.2 Å². The fourth-order valence-corrected chi connectivity index (χ4v) is 4.04. The molecule has 0 aliphatic carbocycles. The molecule has 1 saturated heterocycles. The standard InChI is InChI=1S/C22H24N2O4/c25-12-13-28-18-9-7-16(8-10-18)14-23-11-3-4-17(15-23)24-21(26)19-5-1-2-6-20(19)22(24)27/h1-2,5-10,17,25H,3-4,11-15H2/t17-/m1/s1. The van der Waals surface area contributed by atoms with Crippen molar-refractivity contribution in [3.8, 4) is 5.75 Å². The third kappa shape index (κ3) is 3.66. The molecule has 1 atom stereocenters. The first kappa shape index (κ1) is 18.7. The summed E-state index contributed by atoms with van der Waals surface area (Å²) < 4.78 is 5.39. The van der Waals surface area contributed by atoms with E-state index in [9.17, 15) is 9.59 Å². The lowest BCUT2D eigenvalue weighted by atomic mass is 10.0. The maximum Gasteiger partial charge on any atom is 0.261 e. The number of likely N-dealkylation sites (tertiary alicyclic amines) is 1. The molecule has 1 fully saturated rings. The van der Waals surface area contributed by atoms with Crippen LogP contribution in [0, 0.1) is 0 Å². The number of benzene rings is 2. The zero-order valence-electron chi connectivity index (χ0n) is 15.7. The van der Waals surface area contributed by atoms with E-state index in [1.165, 1.54) is 4.90 Å². The normalized spacial score (nSPS) is 19.8. The molecule has 6 heteroatoms. The fourth-order valence-electron chi connectivity index (χ4n) is 4.04. The zero-order chi connectivity index (χ0) is 19.5. The summed E-state index contributed by atoms with van der Waals surface area (Å²) in [4.78, 5) is 29.3. The van der Waals surface area contributed by atoms with Crippen molar-refractivity contribution in [2.75, 3.05) is 26.3 Å². The van der Waals surface area contributed by atoms with Gasteiger partial charge < -0.3 is 9.84 Å². The van der Waals surface area contributed by atoms with E-state index in [0.717, 1.165) is 37.2 Å². The van der Waals surface area contributed by atoms with E-state index in [1.54, 1.807) is 24.3 Å². The predicted molar refractivity (Wildman–Crippen MR) is 104 cm³/mol. The number of fused-ring (bicyclic) bond motifs is 1. The van der Waals surface area contributed by atoms with Gasteiger partial charge in [-0.1, -0.05) is 24.3 Å². The van der Waals surface area contributed by atoms with Crippen LogP contribution in [0.3, 0.4) is 0 Å². The first-order valence-electron chi connectivity index (χ1n) is 9.69. The molecule has 0 saturated carbocycles. The van der Waals surface area contributed by atoms with Crippen LogP contribution >= 0.6 is 0 Å². The molecule has 2 aliphatic heterocycles. The molecule has 0 bridgehead atoms. The smallest absolute Gasteiger partial charge is 0.261 e. The molecule has 28 heavy (non-hydrogen) atoms. The van der Waals surface area contributed by atoms with Crippen molar-refractivity contribution >= 4 is 11.8 Å². The number of imide groups is 1. The van der Waals surface area contributed by atoms with Crippen LogP contribution in [0.25, 0.3) is 0 Å². The van der Waals surface area contributed by atoms with Crippen LogP contribution in [0.5, 0.6) is 5.75 Å². The molecule has 146 valence electrons. The van der Waals surface area contributed by atoms with Crippen LogP contribution < -0.4 is 4.74 Å². The number of hydrogen-bond donors (Lipinski definition) is 1. The van der Waals surface area contributed by atoms with E-state index in [-0.39, 0.29) is 31.1 Å². The molecule has 0 unspecified atom stereocenters. The molecule has 2 aliphatic rings. The molecule has 0 aromatic heterocycles. The second-order valence-corrected chi connectivity index (χ2v) is 7.27. The number of piperidine rings is 1. The van der Waals surface area contributed by atoms with Gasteiger partial charge in [-0.15, -0.1) is 0 Å². The SMILES string of the molecule is O=C1c2ccccc2C(=O)N1[C@@H]1CCCN(Cc2ccc(OCCO)cc2)C1. The second kappa shape index (κ2) is 8.12. The largest absolute Gasteiger partial charge is 0.491 e. The van der Waals surface area contributed by atoms with Crippen molar-refractivity contribution in [2.45, 2.75) is 25.4 Å². The summed E-state index contributed by atoms with van der Waals surface area (Å²) in [5, 5.41) is 8.82. The summed E-state index contributed by atoms with van der Waals surface area (Å²) in [6.45, 7) is 2.68. The second-order valence-electron chi connectivity index (χ2n) is 7.27. The van der Waals surface area contributed by atoms with E-state index >= 15 is 0 Å². The molecule has 0 radical (unpaired) electrons. The fraction of sp³-hybridized carbons (Fsp3) is 0.364. The number of carbonyl (C=O) groups is 2. The van der Waals surface area contributed by atoms with Crippen molar-refractivity contribution in [3.05, 3.63) is 65.2 Å². The third-order valence-corrected chi connectivity index (χ3v) is 5.36. The van der Waals surface area contributed by atoms with Crippen LogP contribution in [0.4, 0.5) is 0 Å². The Labute approximate surface area is 164 Å². The Morgan fingerprint density at radius 3 is 2.32 bits per heavy atom. The van der Waals surface area contributed by atoms with Crippen LogP contribution in [-0.4, -0.2) is 59.1 Å². The average Bonchev–Trinajstić information content (AvgIpc) is 2.98. The minimum absolute atomic E-state index is 0.00523. The van der Waals surface area contributed by atoms with E-state index in [1.807, 2.05) is 24.3 Å². The maximum absolute atomic E-state index is 12.8. The van der Waals surface area contributed by atoms with Crippen LogP contribution in [0.15, 0.2) is 48.5 Å². The van der Waals surface area contributed by atoms with Gasteiger partial charge in [-0.2, -0.15) is 0 Å². The number of hydrogen-bond acceptors (Lipinski definition) is 5. The summed E-state index contributed by atoms with van der Waals surface area (Å²) >= 11 is 0. The van der Waals surface area contributed by atoms with Gasteiger partial charge in [-0.3, -0.25) is 19.4 Å². The van der Waals surface area contributed by atoms with Gasteiger partial charge in [0.25, 0.3) is 11.8 Å². The average molecular weight is 380 g/mol. The van der Waals surface area contributed by atoms with E-state index in [0.29, 0.717) is 17.7 Å². The number of rotatable bonds is 6. The van der Waals surface area contributed by atoms with Crippen molar-refractivity contribution in [1.82, 2.24) is 9.80 Å². The Hall–Kier alpha value is -2.70. The van der Waals surface area contributed by atoms with E-state index in [4.69, 9.17) is 9.84 Å². The predicted octanol–water partition coefficient (Wildman–Crippen LogP) is 2.32. The summed E-state index contributed by atoms with van der Waals surface area (Å²) in [6.07, 6.45) is 1.80. The molecule has 2 aromatic carbocycles. The van der Waals surface area contributed by atoms with Gasteiger partial charge >= 0.3 is 0 Å². The minimum atomic E-state index is -0.169. The van der Waals surface area contributed by atoms with Crippen molar-refractivity contribution < 1.29 is 19.4 Å². The maximum atomic E-state index is 12.8. The van der Waals surface area contributed by atoms with Crippen LogP contribution in [-0.2, 0) is 6.54 Å². The lowest BCUT2D eigenvalue weighted by molar-refractivity contribution is 0.0475. The molecule has 0 spiro atoms. The third-order valence-electron chi connectivity index (χ3n) is 5.36.